The lowest BCUT2D eigenvalue weighted by molar-refractivity contribution is 0.0376. The number of hydrogen-bond donors (Lipinski definition) is 1. The first-order valence-corrected chi connectivity index (χ1v) is 6.66. The van der Waals surface area contributed by atoms with Crippen LogP contribution in [0.1, 0.15) is 46.5 Å². The highest BCUT2D eigenvalue weighted by Gasteiger charge is 2.32. The first kappa shape index (κ1) is 11.4. The van der Waals surface area contributed by atoms with Gasteiger partial charge in [-0.3, -0.25) is 4.90 Å². The van der Waals surface area contributed by atoms with Crippen LogP contribution in [-0.4, -0.2) is 36.1 Å². The van der Waals surface area contributed by atoms with Crippen molar-refractivity contribution in [3.63, 3.8) is 0 Å². The average Bonchev–Trinajstić information content (AvgIpc) is 2.17. The van der Waals surface area contributed by atoms with Crippen LogP contribution in [0, 0.1) is 5.92 Å². The number of hydrogen-bond acceptors (Lipinski definition) is 2. The van der Waals surface area contributed by atoms with E-state index in [0.717, 1.165) is 24.0 Å². The van der Waals surface area contributed by atoms with Gasteiger partial charge in [0.2, 0.25) is 0 Å². The van der Waals surface area contributed by atoms with E-state index in [1.165, 1.54) is 38.8 Å². The highest BCUT2D eigenvalue weighted by atomic mass is 15.3. The molecule has 0 radical (unpaired) electrons. The van der Waals surface area contributed by atoms with E-state index in [1.54, 1.807) is 0 Å². The van der Waals surface area contributed by atoms with E-state index in [2.05, 4.69) is 31.0 Å². The zero-order valence-electron chi connectivity index (χ0n) is 10.5. The lowest BCUT2D eigenvalue weighted by Gasteiger charge is -2.46. The lowest BCUT2D eigenvalue weighted by Crippen LogP contribution is -2.59. The summed E-state index contributed by atoms with van der Waals surface area (Å²) in [6.45, 7) is 9.53. The topological polar surface area (TPSA) is 15.3 Å². The van der Waals surface area contributed by atoms with Gasteiger partial charge in [0.15, 0.2) is 0 Å². The largest absolute Gasteiger partial charge is 0.314 e. The SMILES string of the molecule is CC1CCCC(N2C(C)CNCC2C)C1. The van der Waals surface area contributed by atoms with Crippen molar-refractivity contribution >= 4 is 0 Å². The maximum absolute atomic E-state index is 3.52. The van der Waals surface area contributed by atoms with Crippen LogP contribution >= 0.6 is 0 Å². The fourth-order valence-electron chi connectivity index (χ4n) is 3.54. The molecule has 1 N–H and O–H groups in total. The van der Waals surface area contributed by atoms with E-state index in [9.17, 15) is 0 Å². The van der Waals surface area contributed by atoms with Gasteiger partial charge in [0.1, 0.15) is 0 Å². The molecule has 0 amide bonds. The van der Waals surface area contributed by atoms with Gasteiger partial charge < -0.3 is 5.32 Å². The summed E-state index contributed by atoms with van der Waals surface area (Å²) in [6.07, 6.45) is 5.74. The molecule has 1 aliphatic carbocycles. The summed E-state index contributed by atoms with van der Waals surface area (Å²) < 4.78 is 0. The number of nitrogens with zero attached hydrogens (tertiary/aromatic N) is 1. The Morgan fingerprint density at radius 1 is 1.00 bits per heavy atom. The van der Waals surface area contributed by atoms with E-state index in [4.69, 9.17) is 0 Å². The smallest absolute Gasteiger partial charge is 0.0198 e. The van der Waals surface area contributed by atoms with Crippen molar-refractivity contribution in [1.29, 1.82) is 0 Å². The molecule has 2 nitrogen and oxygen atoms in total. The van der Waals surface area contributed by atoms with E-state index >= 15 is 0 Å². The Balaban J connectivity index is 1.99. The Hall–Kier alpha value is -0.0800. The molecule has 4 unspecified atom stereocenters. The Morgan fingerprint density at radius 3 is 2.27 bits per heavy atom. The number of piperazine rings is 1. The van der Waals surface area contributed by atoms with Gasteiger partial charge in [0.25, 0.3) is 0 Å². The summed E-state index contributed by atoms with van der Waals surface area (Å²) in [7, 11) is 0. The van der Waals surface area contributed by atoms with Crippen molar-refractivity contribution in [2.75, 3.05) is 13.1 Å². The van der Waals surface area contributed by atoms with Crippen LogP contribution in [0.2, 0.25) is 0 Å². The molecule has 0 bridgehead atoms. The third-order valence-electron chi connectivity index (χ3n) is 4.23. The molecule has 15 heavy (non-hydrogen) atoms. The molecule has 2 fully saturated rings. The van der Waals surface area contributed by atoms with E-state index in [-0.39, 0.29) is 0 Å². The molecule has 1 aliphatic heterocycles. The molecular formula is C13H26N2. The van der Waals surface area contributed by atoms with Crippen LogP contribution in [-0.2, 0) is 0 Å². The number of nitrogens with one attached hydrogen (secondary N) is 1. The third-order valence-corrected chi connectivity index (χ3v) is 4.23. The quantitative estimate of drug-likeness (QED) is 0.714. The maximum atomic E-state index is 3.52. The van der Waals surface area contributed by atoms with Gasteiger partial charge in [0, 0.05) is 31.2 Å². The van der Waals surface area contributed by atoms with E-state index < -0.39 is 0 Å². The molecular weight excluding hydrogens is 184 g/mol. The van der Waals surface area contributed by atoms with Gasteiger partial charge in [-0.2, -0.15) is 0 Å². The molecule has 0 aromatic carbocycles. The second-order valence-electron chi connectivity index (χ2n) is 5.73. The molecule has 2 aliphatic rings. The second kappa shape index (κ2) is 4.84. The van der Waals surface area contributed by atoms with Crippen molar-refractivity contribution in [3.8, 4) is 0 Å². The van der Waals surface area contributed by atoms with Crippen LogP contribution in [0.25, 0.3) is 0 Å². The zero-order chi connectivity index (χ0) is 10.8. The van der Waals surface area contributed by atoms with Crippen LogP contribution in [0.4, 0.5) is 0 Å². The minimum absolute atomic E-state index is 0.726. The Labute approximate surface area is 94.4 Å². The van der Waals surface area contributed by atoms with Crippen molar-refractivity contribution in [1.82, 2.24) is 10.2 Å². The molecule has 1 saturated carbocycles. The fourth-order valence-corrected chi connectivity index (χ4v) is 3.54. The van der Waals surface area contributed by atoms with Gasteiger partial charge in [-0.1, -0.05) is 19.8 Å². The highest BCUT2D eigenvalue weighted by molar-refractivity contribution is 4.89. The summed E-state index contributed by atoms with van der Waals surface area (Å²) in [5.41, 5.74) is 0. The van der Waals surface area contributed by atoms with E-state index in [0.29, 0.717) is 0 Å². The predicted molar refractivity (Wildman–Crippen MR) is 65.1 cm³/mol. The first-order chi connectivity index (χ1) is 7.18. The molecule has 0 spiro atoms. The van der Waals surface area contributed by atoms with Crippen LogP contribution in [0.3, 0.4) is 0 Å². The molecule has 4 atom stereocenters. The monoisotopic (exact) mass is 210 g/mol. The lowest BCUT2D eigenvalue weighted by atomic mass is 9.84. The van der Waals surface area contributed by atoms with Crippen LogP contribution in [0.5, 0.6) is 0 Å². The normalized spacial score (nSPS) is 44.2. The van der Waals surface area contributed by atoms with Gasteiger partial charge in [-0.05, 0) is 32.6 Å². The summed E-state index contributed by atoms with van der Waals surface area (Å²) in [4.78, 5) is 2.78. The Kier molecular flexibility index (Phi) is 3.68. The minimum atomic E-state index is 0.726. The van der Waals surface area contributed by atoms with Gasteiger partial charge in [-0.15, -0.1) is 0 Å². The highest BCUT2D eigenvalue weighted by Crippen LogP contribution is 2.30. The third kappa shape index (κ3) is 2.54. The molecule has 88 valence electrons. The molecule has 0 aromatic heterocycles. The number of rotatable bonds is 1. The standard InChI is InChI=1S/C13H26N2/c1-10-5-4-6-13(7-10)15-11(2)8-14-9-12(15)3/h10-14H,4-9H2,1-3H3. The van der Waals surface area contributed by atoms with Crippen LogP contribution in [0.15, 0.2) is 0 Å². The summed E-state index contributed by atoms with van der Waals surface area (Å²) >= 11 is 0. The fraction of sp³-hybridized carbons (Fsp3) is 1.00. The summed E-state index contributed by atoms with van der Waals surface area (Å²) in [5.74, 6) is 0.943. The molecule has 1 heterocycles. The van der Waals surface area contributed by atoms with Gasteiger partial charge in [0.05, 0.1) is 0 Å². The average molecular weight is 210 g/mol. The van der Waals surface area contributed by atoms with Gasteiger partial charge in [-0.25, -0.2) is 0 Å². The van der Waals surface area contributed by atoms with Crippen LogP contribution < -0.4 is 5.32 Å². The van der Waals surface area contributed by atoms with Crippen molar-refractivity contribution < 1.29 is 0 Å². The molecule has 0 aromatic rings. The Morgan fingerprint density at radius 2 is 1.67 bits per heavy atom. The van der Waals surface area contributed by atoms with E-state index in [1.807, 2.05) is 0 Å². The second-order valence-corrected chi connectivity index (χ2v) is 5.73. The molecule has 2 heteroatoms. The minimum Gasteiger partial charge on any atom is -0.314 e. The summed E-state index contributed by atoms with van der Waals surface area (Å²) in [6, 6.07) is 2.31. The maximum Gasteiger partial charge on any atom is 0.0198 e. The van der Waals surface area contributed by atoms with Crippen molar-refractivity contribution in [3.05, 3.63) is 0 Å². The molecule has 2 rings (SSSR count). The van der Waals surface area contributed by atoms with Crippen molar-refractivity contribution in [2.45, 2.75) is 64.6 Å². The van der Waals surface area contributed by atoms with Crippen molar-refractivity contribution in [2.24, 2.45) is 5.92 Å². The predicted octanol–water partition coefficient (Wildman–Crippen LogP) is 2.25. The zero-order valence-corrected chi connectivity index (χ0v) is 10.5. The molecule has 1 saturated heterocycles. The van der Waals surface area contributed by atoms with Gasteiger partial charge >= 0.3 is 0 Å². The summed E-state index contributed by atoms with van der Waals surface area (Å²) in [5, 5.41) is 3.52. The Bertz CT molecular complexity index is 195. The first-order valence-electron chi connectivity index (χ1n) is 6.66.